The highest BCUT2D eigenvalue weighted by atomic mass is 19.1. The molecule has 0 aliphatic heterocycles. The molecule has 3 N–H and O–H groups in total. The molecule has 0 aliphatic carbocycles. The van der Waals surface area contributed by atoms with Crippen LogP contribution in [0, 0.1) is 5.82 Å². The zero-order chi connectivity index (χ0) is 13.7. The quantitative estimate of drug-likeness (QED) is 0.775. The van der Waals surface area contributed by atoms with E-state index < -0.39 is 23.7 Å². The van der Waals surface area contributed by atoms with Crippen molar-refractivity contribution in [3.05, 3.63) is 47.8 Å². The van der Waals surface area contributed by atoms with Crippen LogP contribution < -0.4 is 11.1 Å². The van der Waals surface area contributed by atoms with E-state index in [1.807, 2.05) is 0 Å². The van der Waals surface area contributed by atoms with E-state index in [4.69, 9.17) is 5.73 Å². The van der Waals surface area contributed by atoms with Crippen LogP contribution in [0.15, 0.2) is 36.4 Å². The number of carbonyl (C=O) groups excluding carboxylic acids is 2. The van der Waals surface area contributed by atoms with Gasteiger partial charge in [0.1, 0.15) is 11.9 Å². The summed E-state index contributed by atoms with van der Waals surface area (Å²) in [5.41, 5.74) is 6.03. The van der Waals surface area contributed by atoms with Crippen LogP contribution in [0.4, 0.5) is 4.39 Å². The van der Waals surface area contributed by atoms with E-state index >= 15 is 0 Å². The van der Waals surface area contributed by atoms with Gasteiger partial charge in [0.2, 0.25) is 5.91 Å². The highest BCUT2D eigenvalue weighted by Crippen LogP contribution is 2.06. The Morgan fingerprint density at radius 2 is 2.17 bits per heavy atom. The summed E-state index contributed by atoms with van der Waals surface area (Å²) in [7, 11) is 0. The molecule has 0 saturated heterocycles. The van der Waals surface area contributed by atoms with Gasteiger partial charge in [0, 0.05) is 5.56 Å². The lowest BCUT2D eigenvalue weighted by Crippen LogP contribution is -2.44. The van der Waals surface area contributed by atoms with Gasteiger partial charge in [0.25, 0.3) is 5.91 Å². The summed E-state index contributed by atoms with van der Waals surface area (Å²) in [4.78, 5) is 22.9. The Bertz CT molecular complexity index is 486. The molecular weight excluding hydrogens is 235 g/mol. The molecule has 0 spiro atoms. The fourth-order valence-corrected chi connectivity index (χ4v) is 1.44. The van der Waals surface area contributed by atoms with E-state index in [0.717, 1.165) is 11.6 Å². The molecule has 0 saturated carbocycles. The van der Waals surface area contributed by atoms with Crippen molar-refractivity contribution in [2.45, 2.75) is 19.4 Å². The van der Waals surface area contributed by atoms with Crippen LogP contribution in [0.25, 0.3) is 0 Å². The van der Waals surface area contributed by atoms with E-state index in [0.29, 0.717) is 0 Å². The van der Waals surface area contributed by atoms with Gasteiger partial charge in [-0.3, -0.25) is 9.59 Å². The molecule has 4 nitrogen and oxygen atoms in total. The number of halogens is 1. The Morgan fingerprint density at radius 1 is 1.50 bits per heavy atom. The van der Waals surface area contributed by atoms with E-state index in [-0.39, 0.29) is 12.0 Å². The van der Waals surface area contributed by atoms with Crippen LogP contribution in [0.1, 0.15) is 23.7 Å². The van der Waals surface area contributed by atoms with Crippen molar-refractivity contribution in [2.75, 3.05) is 0 Å². The minimum absolute atomic E-state index is 0.142. The molecule has 1 aromatic carbocycles. The summed E-state index contributed by atoms with van der Waals surface area (Å²) < 4.78 is 12.9. The van der Waals surface area contributed by atoms with Crippen molar-refractivity contribution < 1.29 is 14.0 Å². The van der Waals surface area contributed by atoms with Gasteiger partial charge in [-0.1, -0.05) is 11.6 Å². The monoisotopic (exact) mass is 250 g/mol. The van der Waals surface area contributed by atoms with E-state index in [9.17, 15) is 14.0 Å². The molecule has 18 heavy (non-hydrogen) atoms. The molecule has 0 radical (unpaired) electrons. The fraction of sp³-hybridized carbons (Fsp3) is 0.231. The van der Waals surface area contributed by atoms with Gasteiger partial charge in [-0.15, -0.1) is 6.58 Å². The molecule has 0 heterocycles. The second-order valence-electron chi connectivity index (χ2n) is 4.10. The van der Waals surface area contributed by atoms with Gasteiger partial charge in [-0.05, 0) is 31.5 Å². The van der Waals surface area contributed by atoms with Crippen LogP contribution in [-0.4, -0.2) is 17.9 Å². The zero-order valence-electron chi connectivity index (χ0n) is 10.1. The highest BCUT2D eigenvalue weighted by molar-refractivity contribution is 5.97. The second kappa shape index (κ2) is 5.95. The lowest BCUT2D eigenvalue weighted by atomic mass is 10.1. The average molecular weight is 250 g/mol. The Kier molecular flexibility index (Phi) is 4.59. The largest absolute Gasteiger partial charge is 0.368 e. The van der Waals surface area contributed by atoms with Gasteiger partial charge in [-0.2, -0.15) is 0 Å². The first-order chi connectivity index (χ1) is 8.40. The summed E-state index contributed by atoms with van der Waals surface area (Å²) in [6.07, 6.45) is 0.260. The summed E-state index contributed by atoms with van der Waals surface area (Å²) in [6.45, 7) is 5.38. The first kappa shape index (κ1) is 13.9. The average Bonchev–Trinajstić information content (AvgIpc) is 2.27. The highest BCUT2D eigenvalue weighted by Gasteiger charge is 2.18. The normalized spacial score (nSPS) is 11.7. The lowest BCUT2D eigenvalue weighted by molar-refractivity contribution is -0.119. The maximum Gasteiger partial charge on any atom is 0.252 e. The van der Waals surface area contributed by atoms with Crippen molar-refractivity contribution >= 4 is 11.8 Å². The molecule has 1 rings (SSSR count). The molecule has 0 aromatic heterocycles. The molecule has 0 unspecified atom stereocenters. The number of benzene rings is 1. The minimum Gasteiger partial charge on any atom is -0.368 e. The third-order valence-electron chi connectivity index (χ3n) is 2.29. The molecule has 1 aromatic rings. The summed E-state index contributed by atoms with van der Waals surface area (Å²) in [6, 6.07) is 4.36. The molecule has 0 bridgehead atoms. The van der Waals surface area contributed by atoms with Crippen LogP contribution >= 0.6 is 0 Å². The molecule has 1 atom stereocenters. The van der Waals surface area contributed by atoms with Crippen molar-refractivity contribution in [1.29, 1.82) is 0 Å². The van der Waals surface area contributed by atoms with Crippen molar-refractivity contribution in [3.63, 3.8) is 0 Å². The Labute approximate surface area is 105 Å². The standard InChI is InChI=1S/C13H15FN2O2/c1-8(2)6-11(12(15)17)16-13(18)9-4-3-5-10(14)7-9/h3-5,7,11H,1,6H2,2H3,(H2,15,17)(H,16,18)/t11-/m1/s1. The number of nitrogens with two attached hydrogens (primary N) is 1. The second-order valence-corrected chi connectivity index (χ2v) is 4.10. The molecule has 0 aliphatic rings. The number of rotatable bonds is 5. The molecule has 96 valence electrons. The summed E-state index contributed by atoms with van der Waals surface area (Å²) >= 11 is 0. The number of amides is 2. The first-order valence-corrected chi connectivity index (χ1v) is 5.40. The molecule has 0 fully saturated rings. The maximum absolute atomic E-state index is 12.9. The predicted octanol–water partition coefficient (Wildman–Crippen LogP) is 1.38. The Balaban J connectivity index is 2.78. The van der Waals surface area contributed by atoms with E-state index in [1.54, 1.807) is 6.92 Å². The van der Waals surface area contributed by atoms with Crippen molar-refractivity contribution in [1.82, 2.24) is 5.32 Å². The predicted molar refractivity (Wildman–Crippen MR) is 66.3 cm³/mol. The lowest BCUT2D eigenvalue weighted by Gasteiger charge is -2.15. The number of primary amides is 1. The van der Waals surface area contributed by atoms with Crippen molar-refractivity contribution in [3.8, 4) is 0 Å². The van der Waals surface area contributed by atoms with Gasteiger partial charge in [0.15, 0.2) is 0 Å². The first-order valence-electron chi connectivity index (χ1n) is 5.40. The minimum atomic E-state index is -0.835. The summed E-state index contributed by atoms with van der Waals surface area (Å²) in [5.74, 6) is -1.71. The van der Waals surface area contributed by atoms with E-state index in [1.165, 1.54) is 18.2 Å². The fourth-order valence-electron chi connectivity index (χ4n) is 1.44. The van der Waals surface area contributed by atoms with E-state index in [2.05, 4.69) is 11.9 Å². The van der Waals surface area contributed by atoms with Gasteiger partial charge in [0.05, 0.1) is 0 Å². The van der Waals surface area contributed by atoms with Crippen LogP contribution in [0.3, 0.4) is 0 Å². The molecule has 2 amide bonds. The van der Waals surface area contributed by atoms with Crippen LogP contribution in [-0.2, 0) is 4.79 Å². The number of carbonyl (C=O) groups is 2. The number of hydrogen-bond donors (Lipinski definition) is 2. The number of nitrogens with one attached hydrogen (secondary N) is 1. The third-order valence-corrected chi connectivity index (χ3v) is 2.29. The zero-order valence-corrected chi connectivity index (χ0v) is 10.1. The van der Waals surface area contributed by atoms with Gasteiger partial charge < -0.3 is 11.1 Å². The Hall–Kier alpha value is -2.17. The van der Waals surface area contributed by atoms with Crippen LogP contribution in [0.2, 0.25) is 0 Å². The molecular formula is C13H15FN2O2. The smallest absolute Gasteiger partial charge is 0.252 e. The summed E-state index contributed by atoms with van der Waals surface area (Å²) in [5, 5.41) is 2.45. The van der Waals surface area contributed by atoms with Gasteiger partial charge in [-0.25, -0.2) is 4.39 Å². The third kappa shape index (κ3) is 4.01. The van der Waals surface area contributed by atoms with Crippen LogP contribution in [0.5, 0.6) is 0 Å². The maximum atomic E-state index is 12.9. The SMILES string of the molecule is C=C(C)C[C@@H](NC(=O)c1cccc(F)c1)C(N)=O. The van der Waals surface area contributed by atoms with Crippen molar-refractivity contribution in [2.24, 2.45) is 5.73 Å². The molecule has 5 heteroatoms. The van der Waals surface area contributed by atoms with Gasteiger partial charge >= 0.3 is 0 Å². The topological polar surface area (TPSA) is 72.2 Å². The number of hydrogen-bond acceptors (Lipinski definition) is 2. The Morgan fingerprint density at radius 3 is 2.67 bits per heavy atom.